The van der Waals surface area contributed by atoms with Gasteiger partial charge in [-0.05, 0) is 28.1 Å². The Kier molecular flexibility index (Phi) is 3.01. The van der Waals surface area contributed by atoms with Crippen molar-refractivity contribution in [2.45, 2.75) is 5.88 Å². The highest BCUT2D eigenvalue weighted by Crippen LogP contribution is 2.32. The van der Waals surface area contributed by atoms with E-state index in [4.69, 9.17) is 16.0 Å². The van der Waals surface area contributed by atoms with Gasteiger partial charge in [0.1, 0.15) is 16.4 Å². The van der Waals surface area contributed by atoms with Gasteiger partial charge in [-0.2, -0.15) is 0 Å². The molecule has 0 aliphatic heterocycles. The monoisotopic (exact) mass is 344 g/mol. The largest absolute Gasteiger partial charge is 0.449 e. The van der Waals surface area contributed by atoms with Crippen molar-refractivity contribution in [2.75, 3.05) is 0 Å². The standard InChI is InChI=1S/C11H6BrClN2O2S/c12-7-2-1-6(17-7)5-4-18-11-9(5)10(16)14-8(3-13)15-11/h1-2,4H,3H2,(H,14,15,16). The predicted molar refractivity (Wildman–Crippen MR) is 75.2 cm³/mol. The number of alkyl halides is 1. The Labute approximate surface area is 119 Å². The first-order valence-electron chi connectivity index (χ1n) is 5.01. The molecule has 3 aromatic rings. The maximum Gasteiger partial charge on any atom is 0.260 e. The highest BCUT2D eigenvalue weighted by atomic mass is 79.9. The third kappa shape index (κ3) is 1.90. The third-order valence-corrected chi connectivity index (χ3v) is 4.01. The van der Waals surface area contributed by atoms with Crippen LogP contribution >= 0.6 is 38.9 Å². The zero-order valence-electron chi connectivity index (χ0n) is 8.87. The molecule has 0 bridgehead atoms. The van der Waals surface area contributed by atoms with E-state index in [0.29, 0.717) is 26.5 Å². The second-order valence-corrected chi connectivity index (χ2v) is 5.49. The van der Waals surface area contributed by atoms with Crippen LogP contribution in [0.5, 0.6) is 0 Å². The minimum atomic E-state index is -0.195. The van der Waals surface area contributed by atoms with Crippen molar-refractivity contribution in [3.63, 3.8) is 0 Å². The van der Waals surface area contributed by atoms with Crippen LogP contribution < -0.4 is 5.56 Å². The Balaban J connectivity index is 2.29. The molecule has 0 amide bonds. The molecule has 0 aromatic carbocycles. The summed E-state index contributed by atoms with van der Waals surface area (Å²) in [5.41, 5.74) is 0.551. The number of rotatable bonds is 2. The van der Waals surface area contributed by atoms with Crippen LogP contribution in [0.25, 0.3) is 21.5 Å². The molecular weight excluding hydrogens is 340 g/mol. The summed E-state index contributed by atoms with van der Waals surface area (Å²) >= 11 is 10.3. The number of H-pyrrole nitrogens is 1. The number of hydrogen-bond donors (Lipinski definition) is 1. The number of fused-ring (bicyclic) bond motifs is 1. The molecule has 0 saturated carbocycles. The topological polar surface area (TPSA) is 58.9 Å². The van der Waals surface area contributed by atoms with E-state index in [1.165, 1.54) is 11.3 Å². The van der Waals surface area contributed by atoms with Gasteiger partial charge in [-0.15, -0.1) is 22.9 Å². The second-order valence-electron chi connectivity index (χ2n) is 3.58. The maximum atomic E-state index is 12.0. The van der Waals surface area contributed by atoms with E-state index in [1.54, 1.807) is 12.1 Å². The molecule has 0 radical (unpaired) electrons. The Bertz CT molecular complexity index is 777. The van der Waals surface area contributed by atoms with E-state index in [9.17, 15) is 4.79 Å². The highest BCUT2D eigenvalue weighted by molar-refractivity contribution is 9.10. The molecule has 92 valence electrons. The van der Waals surface area contributed by atoms with Crippen LogP contribution in [0, 0.1) is 0 Å². The van der Waals surface area contributed by atoms with Crippen LogP contribution in [0.4, 0.5) is 0 Å². The van der Waals surface area contributed by atoms with E-state index in [2.05, 4.69) is 25.9 Å². The van der Waals surface area contributed by atoms with Gasteiger partial charge >= 0.3 is 0 Å². The van der Waals surface area contributed by atoms with Gasteiger partial charge in [-0.3, -0.25) is 4.79 Å². The molecule has 0 saturated heterocycles. The van der Waals surface area contributed by atoms with Crippen LogP contribution in [-0.2, 0) is 5.88 Å². The summed E-state index contributed by atoms with van der Waals surface area (Å²) in [6.45, 7) is 0. The summed E-state index contributed by atoms with van der Waals surface area (Å²) in [7, 11) is 0. The van der Waals surface area contributed by atoms with Crippen molar-refractivity contribution in [2.24, 2.45) is 0 Å². The first kappa shape index (κ1) is 12.0. The van der Waals surface area contributed by atoms with Crippen LogP contribution in [0.15, 0.2) is 31.4 Å². The van der Waals surface area contributed by atoms with E-state index in [-0.39, 0.29) is 11.4 Å². The Morgan fingerprint density at radius 3 is 3.00 bits per heavy atom. The molecular formula is C11H6BrClN2O2S. The first-order valence-corrected chi connectivity index (χ1v) is 7.22. The minimum Gasteiger partial charge on any atom is -0.449 e. The lowest BCUT2D eigenvalue weighted by atomic mass is 10.2. The number of furan rings is 1. The normalized spacial score (nSPS) is 11.2. The van der Waals surface area contributed by atoms with Gasteiger partial charge in [0.05, 0.1) is 11.3 Å². The summed E-state index contributed by atoms with van der Waals surface area (Å²) in [5.74, 6) is 1.30. The van der Waals surface area contributed by atoms with Crippen LogP contribution in [0.3, 0.4) is 0 Å². The molecule has 0 spiro atoms. The van der Waals surface area contributed by atoms with Gasteiger partial charge in [0.15, 0.2) is 4.67 Å². The van der Waals surface area contributed by atoms with Gasteiger partial charge in [0.25, 0.3) is 5.56 Å². The number of nitrogens with one attached hydrogen (secondary N) is 1. The van der Waals surface area contributed by atoms with Crippen LogP contribution in [0.2, 0.25) is 0 Å². The Hall–Kier alpha value is -1.11. The van der Waals surface area contributed by atoms with Crippen LogP contribution in [0.1, 0.15) is 5.82 Å². The number of aromatic nitrogens is 2. The maximum absolute atomic E-state index is 12.0. The van der Waals surface area contributed by atoms with Crippen molar-refractivity contribution < 1.29 is 4.42 Å². The zero-order valence-corrected chi connectivity index (χ0v) is 12.0. The SMILES string of the molecule is O=c1[nH]c(CCl)nc2scc(-c3ccc(Br)o3)c12. The summed E-state index contributed by atoms with van der Waals surface area (Å²) in [6.07, 6.45) is 0. The third-order valence-electron chi connectivity index (χ3n) is 2.46. The van der Waals surface area contributed by atoms with E-state index in [1.807, 2.05) is 5.38 Å². The first-order chi connectivity index (χ1) is 8.69. The predicted octanol–water partition coefficient (Wildman–Crippen LogP) is 3.75. The van der Waals surface area contributed by atoms with Gasteiger partial charge in [0, 0.05) is 10.9 Å². The van der Waals surface area contributed by atoms with Crippen molar-refractivity contribution >= 4 is 49.1 Å². The number of nitrogens with zero attached hydrogens (tertiary/aromatic N) is 1. The quantitative estimate of drug-likeness (QED) is 0.720. The minimum absolute atomic E-state index is 0.185. The average molecular weight is 346 g/mol. The number of halogens is 2. The molecule has 7 heteroatoms. The van der Waals surface area contributed by atoms with Gasteiger partial charge in [-0.25, -0.2) is 4.98 Å². The molecule has 0 aliphatic rings. The molecule has 1 N–H and O–H groups in total. The van der Waals surface area contributed by atoms with Gasteiger partial charge in [0.2, 0.25) is 0 Å². The van der Waals surface area contributed by atoms with E-state index in [0.717, 1.165) is 5.56 Å². The molecule has 0 aliphatic carbocycles. The smallest absolute Gasteiger partial charge is 0.260 e. The lowest BCUT2D eigenvalue weighted by Gasteiger charge is -1.96. The zero-order chi connectivity index (χ0) is 12.7. The molecule has 3 rings (SSSR count). The summed E-state index contributed by atoms with van der Waals surface area (Å²) in [4.78, 5) is 19.6. The van der Waals surface area contributed by atoms with Gasteiger partial charge < -0.3 is 9.40 Å². The van der Waals surface area contributed by atoms with Crippen molar-refractivity contribution in [1.82, 2.24) is 9.97 Å². The Morgan fingerprint density at radius 2 is 2.33 bits per heavy atom. The molecule has 0 unspecified atom stereocenters. The van der Waals surface area contributed by atoms with Crippen molar-refractivity contribution in [1.29, 1.82) is 0 Å². The summed E-state index contributed by atoms with van der Waals surface area (Å²) in [5, 5.41) is 2.40. The molecule has 3 heterocycles. The lowest BCUT2D eigenvalue weighted by Crippen LogP contribution is -2.10. The number of thiophene rings is 1. The second kappa shape index (κ2) is 4.53. The average Bonchev–Trinajstić information content (AvgIpc) is 2.94. The molecule has 4 nitrogen and oxygen atoms in total. The fraction of sp³-hybridized carbons (Fsp3) is 0.0909. The molecule has 0 atom stereocenters. The van der Waals surface area contributed by atoms with Crippen LogP contribution in [-0.4, -0.2) is 9.97 Å². The number of aromatic amines is 1. The van der Waals surface area contributed by atoms with E-state index >= 15 is 0 Å². The highest BCUT2D eigenvalue weighted by Gasteiger charge is 2.15. The Morgan fingerprint density at radius 1 is 1.50 bits per heavy atom. The van der Waals surface area contributed by atoms with E-state index < -0.39 is 0 Å². The summed E-state index contributed by atoms with van der Waals surface area (Å²) in [6, 6.07) is 3.59. The fourth-order valence-corrected chi connectivity index (χ4v) is 3.08. The summed E-state index contributed by atoms with van der Waals surface area (Å²) < 4.78 is 6.09. The molecule has 18 heavy (non-hydrogen) atoms. The van der Waals surface area contributed by atoms with Crippen molar-refractivity contribution in [3.8, 4) is 11.3 Å². The number of hydrogen-bond acceptors (Lipinski definition) is 4. The van der Waals surface area contributed by atoms with Gasteiger partial charge in [-0.1, -0.05) is 0 Å². The lowest BCUT2D eigenvalue weighted by molar-refractivity contribution is 0.556. The molecule has 0 fully saturated rings. The van der Waals surface area contributed by atoms with Crippen molar-refractivity contribution in [3.05, 3.63) is 38.4 Å². The molecule has 3 aromatic heterocycles. The fourth-order valence-electron chi connectivity index (χ4n) is 1.70.